The molecule has 0 nitrogen and oxygen atoms in total. The van der Waals surface area contributed by atoms with Gasteiger partial charge < -0.3 is 0 Å². The van der Waals surface area contributed by atoms with Gasteiger partial charge in [0.1, 0.15) is 0 Å². The van der Waals surface area contributed by atoms with Gasteiger partial charge in [-0.25, -0.2) is 8.78 Å². The van der Waals surface area contributed by atoms with E-state index in [1.165, 1.54) is 56.2 Å². The zero-order valence-electron chi connectivity index (χ0n) is 13.5. The van der Waals surface area contributed by atoms with Crippen LogP contribution in [0.3, 0.4) is 0 Å². The second-order valence-corrected chi connectivity index (χ2v) is 7.11. The minimum Gasteiger partial charge on any atom is -0.204 e. The molecule has 0 atom stereocenters. The molecule has 3 rings (SSSR count). The molecule has 0 amide bonds. The molecule has 0 heterocycles. The molecule has 0 N–H and O–H groups in total. The molecule has 2 heteroatoms. The number of fused-ring (bicyclic) bond motifs is 1. The van der Waals surface area contributed by atoms with Gasteiger partial charge in [0.05, 0.1) is 0 Å². The van der Waals surface area contributed by atoms with Crippen LogP contribution in [0.4, 0.5) is 8.78 Å². The van der Waals surface area contributed by atoms with E-state index in [0.717, 1.165) is 42.2 Å². The van der Waals surface area contributed by atoms with Gasteiger partial charge in [-0.1, -0.05) is 50.7 Å². The zero-order chi connectivity index (χ0) is 15.5. The molecule has 1 saturated carbocycles. The van der Waals surface area contributed by atoms with E-state index in [2.05, 4.69) is 13.0 Å². The summed E-state index contributed by atoms with van der Waals surface area (Å²) in [5, 5.41) is 0. The molecule has 120 valence electrons. The van der Waals surface area contributed by atoms with Crippen molar-refractivity contribution in [2.75, 3.05) is 0 Å². The van der Waals surface area contributed by atoms with Gasteiger partial charge in [0.15, 0.2) is 11.6 Å². The molecule has 1 aromatic carbocycles. The summed E-state index contributed by atoms with van der Waals surface area (Å²) in [5.41, 5.74) is 3.34. The first-order chi connectivity index (χ1) is 10.7. The standard InChI is InChI=1S/C20H26F2/c1-2-14-3-5-15(6-4-14)7-8-16-9-10-17-12-19(21)20(22)13-18(17)11-16/h9,12-15H,2-8,10-11H2,1H3. The normalized spacial score (nSPS) is 24.8. The number of rotatable bonds is 4. The maximum Gasteiger partial charge on any atom is 0.159 e. The Bertz CT molecular complexity index is 551. The Balaban J connectivity index is 1.53. The highest BCUT2D eigenvalue weighted by molar-refractivity contribution is 5.37. The summed E-state index contributed by atoms with van der Waals surface area (Å²) in [7, 11) is 0. The molecule has 0 aromatic heterocycles. The van der Waals surface area contributed by atoms with Crippen LogP contribution >= 0.6 is 0 Å². The third kappa shape index (κ3) is 3.59. The fraction of sp³-hybridized carbons (Fsp3) is 0.600. The van der Waals surface area contributed by atoms with Gasteiger partial charge in [0.25, 0.3) is 0 Å². The molecule has 0 unspecified atom stereocenters. The molecule has 0 radical (unpaired) electrons. The van der Waals surface area contributed by atoms with E-state index in [0.29, 0.717) is 0 Å². The van der Waals surface area contributed by atoms with Gasteiger partial charge in [-0.2, -0.15) is 0 Å². The first-order valence-corrected chi connectivity index (χ1v) is 8.80. The molecule has 0 aliphatic heterocycles. The second kappa shape index (κ2) is 6.93. The van der Waals surface area contributed by atoms with E-state index in [4.69, 9.17) is 0 Å². The van der Waals surface area contributed by atoms with Crippen LogP contribution in [0.15, 0.2) is 23.8 Å². The highest BCUT2D eigenvalue weighted by Gasteiger charge is 2.21. The Labute approximate surface area is 132 Å². The topological polar surface area (TPSA) is 0 Å². The summed E-state index contributed by atoms with van der Waals surface area (Å²) < 4.78 is 26.6. The minimum atomic E-state index is -0.719. The van der Waals surface area contributed by atoms with Gasteiger partial charge in [-0.05, 0) is 60.8 Å². The second-order valence-electron chi connectivity index (χ2n) is 7.11. The van der Waals surface area contributed by atoms with Crippen molar-refractivity contribution < 1.29 is 8.78 Å². The molecule has 1 fully saturated rings. The SMILES string of the molecule is CCC1CCC(CCC2=CCc3cc(F)c(F)cc3C2)CC1. The van der Waals surface area contributed by atoms with Gasteiger partial charge in [-0.3, -0.25) is 0 Å². The van der Waals surface area contributed by atoms with Crippen LogP contribution in [0.1, 0.15) is 63.0 Å². The summed E-state index contributed by atoms with van der Waals surface area (Å²) in [6, 6.07) is 2.76. The molecule has 1 aromatic rings. The quantitative estimate of drug-likeness (QED) is 0.600. The van der Waals surface area contributed by atoms with Crippen LogP contribution in [0.25, 0.3) is 0 Å². The van der Waals surface area contributed by atoms with E-state index in [9.17, 15) is 8.78 Å². The van der Waals surface area contributed by atoms with Crippen LogP contribution in [-0.4, -0.2) is 0 Å². The lowest BCUT2D eigenvalue weighted by Gasteiger charge is -2.28. The molecule has 22 heavy (non-hydrogen) atoms. The van der Waals surface area contributed by atoms with Crippen molar-refractivity contribution in [1.82, 2.24) is 0 Å². The van der Waals surface area contributed by atoms with Crippen LogP contribution in [0, 0.1) is 23.5 Å². The van der Waals surface area contributed by atoms with E-state index in [1.807, 2.05) is 0 Å². The van der Waals surface area contributed by atoms with Gasteiger partial charge in [-0.15, -0.1) is 0 Å². The lowest BCUT2D eigenvalue weighted by molar-refractivity contribution is 0.258. The van der Waals surface area contributed by atoms with Crippen molar-refractivity contribution in [2.24, 2.45) is 11.8 Å². The third-order valence-corrected chi connectivity index (χ3v) is 5.69. The molecular weight excluding hydrogens is 278 g/mol. The van der Waals surface area contributed by atoms with Gasteiger partial charge in [0.2, 0.25) is 0 Å². The van der Waals surface area contributed by atoms with Crippen LogP contribution in [0.5, 0.6) is 0 Å². The van der Waals surface area contributed by atoms with Gasteiger partial charge in [0, 0.05) is 0 Å². The van der Waals surface area contributed by atoms with Crippen molar-refractivity contribution in [2.45, 2.75) is 64.7 Å². The number of allylic oxidation sites excluding steroid dienone is 2. The number of halogens is 2. The predicted octanol–water partition coefficient (Wildman–Crippen LogP) is 5.99. The first-order valence-electron chi connectivity index (χ1n) is 8.80. The van der Waals surface area contributed by atoms with E-state index >= 15 is 0 Å². The summed E-state index contributed by atoms with van der Waals surface area (Å²) in [5.74, 6) is 0.395. The molecule has 0 bridgehead atoms. The molecule has 2 aliphatic rings. The van der Waals surface area contributed by atoms with Crippen LogP contribution < -0.4 is 0 Å². The van der Waals surface area contributed by atoms with E-state index in [1.54, 1.807) is 0 Å². The Morgan fingerprint density at radius 1 is 0.955 bits per heavy atom. The Kier molecular flexibility index (Phi) is 4.95. The fourth-order valence-corrected chi connectivity index (χ4v) is 4.06. The molecule has 0 saturated heterocycles. The Hall–Kier alpha value is -1.18. The van der Waals surface area contributed by atoms with Crippen molar-refractivity contribution >= 4 is 0 Å². The zero-order valence-corrected chi connectivity index (χ0v) is 13.5. The van der Waals surface area contributed by atoms with E-state index < -0.39 is 11.6 Å². The van der Waals surface area contributed by atoms with Crippen molar-refractivity contribution in [3.63, 3.8) is 0 Å². The summed E-state index contributed by atoms with van der Waals surface area (Å²) in [6.45, 7) is 2.30. The fourth-order valence-electron chi connectivity index (χ4n) is 4.06. The van der Waals surface area contributed by atoms with Crippen molar-refractivity contribution in [1.29, 1.82) is 0 Å². The lowest BCUT2D eigenvalue weighted by Crippen LogP contribution is -2.14. The maximum absolute atomic E-state index is 13.4. The number of hydrogen-bond acceptors (Lipinski definition) is 0. The van der Waals surface area contributed by atoms with E-state index in [-0.39, 0.29) is 0 Å². The molecular formula is C20H26F2. The average molecular weight is 304 g/mol. The molecule has 2 aliphatic carbocycles. The minimum absolute atomic E-state index is 0.710. The Morgan fingerprint density at radius 2 is 1.59 bits per heavy atom. The predicted molar refractivity (Wildman–Crippen MR) is 86.8 cm³/mol. The van der Waals surface area contributed by atoms with Crippen LogP contribution in [-0.2, 0) is 12.8 Å². The monoisotopic (exact) mass is 304 g/mol. The highest BCUT2D eigenvalue weighted by atomic mass is 19.2. The smallest absolute Gasteiger partial charge is 0.159 e. The summed E-state index contributed by atoms with van der Waals surface area (Å²) >= 11 is 0. The van der Waals surface area contributed by atoms with Crippen molar-refractivity contribution in [3.05, 3.63) is 46.5 Å². The third-order valence-electron chi connectivity index (χ3n) is 5.69. The maximum atomic E-state index is 13.4. The Morgan fingerprint density at radius 3 is 2.27 bits per heavy atom. The number of hydrogen-bond donors (Lipinski definition) is 0. The van der Waals surface area contributed by atoms with Crippen LogP contribution in [0.2, 0.25) is 0 Å². The summed E-state index contributed by atoms with van der Waals surface area (Å²) in [6.07, 6.45) is 13.1. The average Bonchev–Trinajstić information content (AvgIpc) is 2.54. The number of benzene rings is 1. The van der Waals surface area contributed by atoms with Crippen molar-refractivity contribution in [3.8, 4) is 0 Å². The highest BCUT2D eigenvalue weighted by Crippen LogP contribution is 2.35. The first kappa shape index (κ1) is 15.7. The summed E-state index contributed by atoms with van der Waals surface area (Å²) in [4.78, 5) is 0. The molecule has 0 spiro atoms. The lowest BCUT2D eigenvalue weighted by atomic mass is 9.78. The largest absolute Gasteiger partial charge is 0.204 e. The van der Waals surface area contributed by atoms with Gasteiger partial charge >= 0.3 is 0 Å².